The zero-order chi connectivity index (χ0) is 42.6. The highest BCUT2D eigenvalue weighted by Gasteiger charge is 2.19. The molecule has 302 valence electrons. The maximum absolute atomic E-state index is 13.0. The van der Waals surface area contributed by atoms with Crippen LogP contribution in [0, 0.1) is 0 Å². The molecule has 8 aromatic carbocycles. The van der Waals surface area contributed by atoms with Crippen molar-refractivity contribution in [2.24, 2.45) is 0 Å². The smallest absolute Gasteiger partial charge is 0.164 e. The maximum Gasteiger partial charge on any atom is 0.164 e. The van der Waals surface area contributed by atoms with E-state index in [0.29, 0.717) is 17.5 Å². The lowest BCUT2D eigenvalue weighted by molar-refractivity contribution is 0.588. The van der Waals surface area contributed by atoms with E-state index in [4.69, 9.17) is 15.0 Å². The Balaban J connectivity index is 1.15. The Kier molecular flexibility index (Phi) is 12.0. The number of hydrogen-bond acceptors (Lipinski definition) is 4. The highest BCUT2D eigenvalue weighted by atomic mass is 31.2. The van der Waals surface area contributed by atoms with Crippen LogP contribution in [0.3, 0.4) is 0 Å². The minimum atomic E-state index is -2.45. The molecule has 0 N–H and O–H groups in total. The SMILES string of the molecule is CP(C)c1cccc(-c2cccc(-c3nc(-c4cccc(-c5cccc(P(c6ccccc6)c6ccccc6)c5)c4)nc(-c4cccc(-c5cccc(P(C)(C)=O)c5)c4)n3)c2)c1. The average molecular weight is 858 g/mol. The molecule has 4 nitrogen and oxygen atoms in total. The topological polar surface area (TPSA) is 55.7 Å². The predicted octanol–water partition coefficient (Wildman–Crippen LogP) is 12.2. The fourth-order valence-electron chi connectivity index (χ4n) is 7.69. The minimum absolute atomic E-state index is 0.234. The summed E-state index contributed by atoms with van der Waals surface area (Å²) >= 11 is 0. The summed E-state index contributed by atoms with van der Waals surface area (Å²) in [5.74, 6) is 1.78. The summed E-state index contributed by atoms with van der Waals surface area (Å²) in [6, 6.07) is 72.8. The Morgan fingerprint density at radius 2 is 0.661 bits per heavy atom. The molecule has 7 heteroatoms. The monoisotopic (exact) mass is 857 g/mol. The lowest BCUT2D eigenvalue weighted by atomic mass is 10.0. The van der Waals surface area contributed by atoms with Crippen LogP contribution < -0.4 is 26.5 Å². The van der Waals surface area contributed by atoms with E-state index in [-0.39, 0.29) is 7.92 Å². The van der Waals surface area contributed by atoms with Crippen molar-refractivity contribution in [2.75, 3.05) is 26.7 Å². The van der Waals surface area contributed by atoms with Gasteiger partial charge in [0.05, 0.1) is 0 Å². The molecule has 0 unspecified atom stereocenters. The van der Waals surface area contributed by atoms with Crippen LogP contribution in [-0.4, -0.2) is 41.6 Å². The van der Waals surface area contributed by atoms with E-state index in [1.54, 1.807) is 0 Å². The molecule has 0 atom stereocenters. The van der Waals surface area contributed by atoms with Crippen LogP contribution in [0.25, 0.3) is 67.5 Å². The minimum Gasteiger partial charge on any atom is -0.319 e. The summed E-state index contributed by atoms with van der Waals surface area (Å²) in [5, 5.41) is 6.13. The van der Waals surface area contributed by atoms with Gasteiger partial charge in [-0.3, -0.25) is 0 Å². The fraction of sp³-hybridized carbons (Fsp3) is 0.0727. The first-order valence-corrected chi connectivity index (χ1v) is 26.9. The number of benzene rings is 8. The van der Waals surface area contributed by atoms with Crippen molar-refractivity contribution in [3.05, 3.63) is 206 Å². The standard InChI is InChI=1S/C55H46N3OP3/c1-60(2)50-30-14-20-42(36-50)39-17-11-23-45(33-39)53-56-54(58-55(57-53)47-25-13-19-41(35-47)44-22-16-32-52(38-44)62(3,4)59)46-24-12-18-40(34-46)43-21-15-31-51(37-43)61(48-26-7-5-8-27-48)49-28-9-6-10-29-49/h5-38H,1-4H3. The summed E-state index contributed by atoms with van der Waals surface area (Å²) in [6.07, 6.45) is 0. The predicted molar refractivity (Wildman–Crippen MR) is 269 cm³/mol. The van der Waals surface area contributed by atoms with Crippen molar-refractivity contribution >= 4 is 49.5 Å². The van der Waals surface area contributed by atoms with E-state index in [0.717, 1.165) is 49.8 Å². The van der Waals surface area contributed by atoms with Crippen molar-refractivity contribution in [1.29, 1.82) is 0 Å². The molecule has 0 spiro atoms. The third-order valence-corrected chi connectivity index (χ3v) is 16.2. The largest absolute Gasteiger partial charge is 0.319 e. The Bertz CT molecular complexity index is 3030. The Labute approximate surface area is 367 Å². The molecule has 9 rings (SSSR count). The van der Waals surface area contributed by atoms with Crippen molar-refractivity contribution in [3.63, 3.8) is 0 Å². The number of nitrogens with zero attached hydrogens (tertiary/aromatic N) is 3. The van der Waals surface area contributed by atoms with Gasteiger partial charge in [-0.1, -0.05) is 178 Å². The number of rotatable bonds is 11. The summed E-state index contributed by atoms with van der Waals surface area (Å²) in [6.45, 7) is 8.20. The van der Waals surface area contributed by atoms with Crippen molar-refractivity contribution in [3.8, 4) is 67.5 Å². The molecule has 9 aromatic rings. The quantitative estimate of drug-likeness (QED) is 0.122. The summed E-state index contributed by atoms with van der Waals surface area (Å²) in [4.78, 5) is 15.6. The molecule has 0 aliphatic carbocycles. The first-order chi connectivity index (χ1) is 30.2. The van der Waals surface area contributed by atoms with Gasteiger partial charge in [0.15, 0.2) is 17.5 Å². The summed E-state index contributed by atoms with van der Waals surface area (Å²) < 4.78 is 13.0. The molecule has 1 aromatic heterocycles. The highest BCUT2D eigenvalue weighted by molar-refractivity contribution is 7.79. The van der Waals surface area contributed by atoms with Gasteiger partial charge in [0.25, 0.3) is 0 Å². The van der Waals surface area contributed by atoms with E-state index in [2.05, 4.69) is 195 Å². The fourth-order valence-corrected chi connectivity index (χ4v) is 11.7. The zero-order valence-electron chi connectivity index (χ0n) is 35.2. The molecule has 0 amide bonds. The van der Waals surface area contributed by atoms with Crippen molar-refractivity contribution in [1.82, 2.24) is 15.0 Å². The first kappa shape index (κ1) is 41.2. The Morgan fingerprint density at radius 3 is 1.08 bits per heavy atom. The van der Waals surface area contributed by atoms with Crippen LogP contribution in [0.5, 0.6) is 0 Å². The van der Waals surface area contributed by atoms with Crippen LogP contribution in [0.1, 0.15) is 0 Å². The molecular weight excluding hydrogens is 812 g/mol. The first-order valence-electron chi connectivity index (χ1n) is 20.7. The Hall–Kier alpha value is -6.14. The molecule has 0 aliphatic rings. The molecule has 0 bridgehead atoms. The van der Waals surface area contributed by atoms with Crippen molar-refractivity contribution in [2.45, 2.75) is 0 Å². The van der Waals surface area contributed by atoms with Gasteiger partial charge in [0.1, 0.15) is 7.14 Å². The average Bonchev–Trinajstić information content (AvgIpc) is 3.32. The third kappa shape index (κ3) is 9.21. The van der Waals surface area contributed by atoms with Gasteiger partial charge in [0, 0.05) is 22.0 Å². The molecule has 0 radical (unpaired) electrons. The zero-order valence-corrected chi connectivity index (χ0v) is 37.9. The highest BCUT2D eigenvalue weighted by Crippen LogP contribution is 2.38. The van der Waals surface area contributed by atoms with Gasteiger partial charge in [0.2, 0.25) is 0 Å². The van der Waals surface area contributed by atoms with Crippen LogP contribution in [0.4, 0.5) is 0 Å². The summed E-state index contributed by atoms with van der Waals surface area (Å²) in [5.41, 5.74) is 9.20. The lowest BCUT2D eigenvalue weighted by Gasteiger charge is -2.20. The second-order valence-corrected chi connectivity index (χ2v) is 23.7. The molecule has 0 saturated heterocycles. The van der Waals surface area contributed by atoms with Gasteiger partial charge < -0.3 is 4.57 Å². The summed E-state index contributed by atoms with van der Waals surface area (Å²) in [7, 11) is -3.44. The van der Waals surface area contributed by atoms with E-state index in [9.17, 15) is 4.57 Å². The molecule has 0 fully saturated rings. The number of hydrogen-bond donors (Lipinski definition) is 0. The molecule has 0 aliphatic heterocycles. The van der Waals surface area contributed by atoms with Crippen LogP contribution in [0.2, 0.25) is 0 Å². The van der Waals surface area contributed by atoms with Gasteiger partial charge in [-0.25, -0.2) is 15.0 Å². The van der Waals surface area contributed by atoms with Gasteiger partial charge in [-0.05, 0) is 126 Å². The lowest BCUT2D eigenvalue weighted by Crippen LogP contribution is -2.20. The van der Waals surface area contributed by atoms with E-state index < -0.39 is 15.1 Å². The van der Waals surface area contributed by atoms with Crippen LogP contribution in [0.15, 0.2) is 206 Å². The molecule has 0 saturated carbocycles. The molecule has 62 heavy (non-hydrogen) atoms. The second kappa shape index (κ2) is 18.1. The molecular formula is C55H46N3OP3. The third-order valence-electron chi connectivity index (χ3n) is 11.0. The number of aromatic nitrogens is 3. The normalized spacial score (nSPS) is 11.6. The van der Waals surface area contributed by atoms with Crippen LogP contribution >= 0.6 is 23.0 Å². The second-order valence-electron chi connectivity index (χ2n) is 16.0. The molecule has 1 heterocycles. The Morgan fingerprint density at radius 1 is 0.339 bits per heavy atom. The van der Waals surface area contributed by atoms with Gasteiger partial charge >= 0.3 is 0 Å². The maximum atomic E-state index is 13.0. The van der Waals surface area contributed by atoms with E-state index in [1.165, 1.54) is 26.8 Å². The van der Waals surface area contributed by atoms with Gasteiger partial charge in [-0.15, -0.1) is 0 Å². The van der Waals surface area contributed by atoms with Crippen molar-refractivity contribution < 1.29 is 4.57 Å². The van der Waals surface area contributed by atoms with Crippen LogP contribution in [-0.2, 0) is 4.57 Å². The van der Waals surface area contributed by atoms with Gasteiger partial charge in [-0.2, -0.15) is 0 Å². The van der Waals surface area contributed by atoms with E-state index in [1.807, 2.05) is 37.6 Å². The van der Waals surface area contributed by atoms with E-state index >= 15 is 0 Å².